The fraction of sp³-hybridized carbons (Fsp3) is 0.429. The zero-order chi connectivity index (χ0) is 14.9. The molecule has 0 aliphatic carbocycles. The normalized spacial score (nSPS) is 14.9. The third kappa shape index (κ3) is 2.84. The van der Waals surface area contributed by atoms with Crippen LogP contribution in [-0.2, 0) is 11.2 Å². The molecule has 0 N–H and O–H groups in total. The summed E-state index contributed by atoms with van der Waals surface area (Å²) < 4.78 is 36.4. The Bertz CT molecular complexity index is 552. The lowest BCUT2D eigenvalue weighted by Gasteiger charge is -2.17. The minimum absolute atomic E-state index is 0.0947. The second-order valence-corrected chi connectivity index (χ2v) is 4.71. The molecule has 0 fully saturated rings. The van der Waals surface area contributed by atoms with Crippen LogP contribution >= 0.6 is 0 Å². The topological polar surface area (TPSA) is 37.4 Å². The van der Waals surface area contributed by atoms with Crippen molar-refractivity contribution in [3.63, 3.8) is 0 Å². The van der Waals surface area contributed by atoms with Crippen LogP contribution in [0.25, 0.3) is 0 Å². The van der Waals surface area contributed by atoms with Crippen molar-refractivity contribution in [3.8, 4) is 0 Å². The van der Waals surface area contributed by atoms with Gasteiger partial charge in [0.25, 0.3) is 11.7 Å². The van der Waals surface area contributed by atoms with Gasteiger partial charge in [0, 0.05) is 13.0 Å². The van der Waals surface area contributed by atoms with Crippen molar-refractivity contribution in [2.24, 2.45) is 0 Å². The maximum absolute atomic E-state index is 12.1. The van der Waals surface area contributed by atoms with E-state index in [1.165, 1.54) is 0 Å². The first-order valence-electron chi connectivity index (χ1n) is 6.39. The predicted molar refractivity (Wildman–Crippen MR) is 67.8 cm³/mol. The number of nitrogens with zero attached hydrogens (tertiary/aromatic N) is 1. The lowest BCUT2D eigenvalue weighted by Crippen LogP contribution is -2.31. The zero-order valence-electron chi connectivity index (χ0n) is 11.0. The molecule has 1 amide bonds. The molecule has 1 heterocycles. The van der Waals surface area contributed by atoms with Gasteiger partial charge in [-0.1, -0.05) is 13.0 Å². The summed E-state index contributed by atoms with van der Waals surface area (Å²) in [4.78, 5) is 24.8. The lowest BCUT2D eigenvalue weighted by molar-refractivity contribution is -0.135. The molecule has 0 saturated carbocycles. The maximum Gasteiger partial charge on any atom is 0.389 e. The van der Waals surface area contributed by atoms with Crippen molar-refractivity contribution in [2.75, 3.05) is 11.4 Å². The summed E-state index contributed by atoms with van der Waals surface area (Å²) in [5.41, 5.74) is 1.63. The molecule has 1 aromatic carbocycles. The van der Waals surface area contributed by atoms with E-state index in [1.807, 2.05) is 6.92 Å². The van der Waals surface area contributed by atoms with E-state index < -0.39 is 24.3 Å². The Balaban J connectivity index is 2.17. The Morgan fingerprint density at radius 2 is 1.90 bits per heavy atom. The second kappa shape index (κ2) is 5.26. The smallest absolute Gasteiger partial charge is 0.305 e. The number of aryl methyl sites for hydroxylation is 1. The van der Waals surface area contributed by atoms with E-state index in [9.17, 15) is 22.8 Å². The summed E-state index contributed by atoms with van der Waals surface area (Å²) in [5, 5.41) is 0. The molecule has 0 spiro atoms. The van der Waals surface area contributed by atoms with E-state index in [-0.39, 0.29) is 13.0 Å². The number of Topliss-reactive ketones (excluding diaryl/α,β-unsaturated/α-hetero) is 1. The van der Waals surface area contributed by atoms with Gasteiger partial charge in [0.15, 0.2) is 0 Å². The number of fused-ring (bicyclic) bond motifs is 1. The van der Waals surface area contributed by atoms with Crippen molar-refractivity contribution in [1.82, 2.24) is 0 Å². The number of benzene rings is 1. The Kier molecular flexibility index (Phi) is 3.83. The molecular formula is C14H14F3NO2. The van der Waals surface area contributed by atoms with E-state index in [0.29, 0.717) is 11.3 Å². The molecule has 3 nitrogen and oxygen atoms in total. The Morgan fingerprint density at radius 3 is 2.50 bits per heavy atom. The molecule has 1 aliphatic rings. The number of carbonyl (C=O) groups excluding carboxylic acids is 2. The number of halogens is 3. The number of rotatable bonds is 4. The van der Waals surface area contributed by atoms with Gasteiger partial charge in [-0.2, -0.15) is 13.2 Å². The molecular weight excluding hydrogens is 271 g/mol. The van der Waals surface area contributed by atoms with E-state index in [4.69, 9.17) is 0 Å². The number of ketones is 1. The van der Waals surface area contributed by atoms with Gasteiger partial charge in [-0.05, 0) is 30.5 Å². The van der Waals surface area contributed by atoms with Crippen LogP contribution in [0.3, 0.4) is 0 Å². The fourth-order valence-corrected chi connectivity index (χ4v) is 2.23. The molecule has 0 saturated heterocycles. The third-order valence-electron chi connectivity index (χ3n) is 3.29. The average molecular weight is 285 g/mol. The SMILES string of the molecule is CCc1ccc2c(c1)C(=O)C(=O)N2CCCC(F)(F)F. The van der Waals surface area contributed by atoms with Crippen molar-refractivity contribution in [3.05, 3.63) is 29.3 Å². The minimum atomic E-state index is -4.25. The maximum atomic E-state index is 12.1. The fourth-order valence-electron chi connectivity index (χ4n) is 2.23. The van der Waals surface area contributed by atoms with Crippen LogP contribution in [0.2, 0.25) is 0 Å². The molecule has 0 atom stereocenters. The monoisotopic (exact) mass is 285 g/mol. The van der Waals surface area contributed by atoms with Gasteiger partial charge in [-0.3, -0.25) is 9.59 Å². The third-order valence-corrected chi connectivity index (χ3v) is 3.29. The number of carbonyl (C=O) groups is 2. The second-order valence-electron chi connectivity index (χ2n) is 4.71. The lowest BCUT2D eigenvalue weighted by atomic mass is 10.1. The molecule has 108 valence electrons. The summed E-state index contributed by atoms with van der Waals surface area (Å²) in [5.74, 6) is -1.38. The van der Waals surface area contributed by atoms with E-state index in [2.05, 4.69) is 0 Å². The summed E-state index contributed by atoms with van der Waals surface area (Å²) in [6.45, 7) is 1.83. The van der Waals surface area contributed by atoms with Crippen LogP contribution in [0.1, 0.15) is 35.7 Å². The van der Waals surface area contributed by atoms with Crippen LogP contribution < -0.4 is 4.90 Å². The largest absolute Gasteiger partial charge is 0.389 e. The molecule has 0 bridgehead atoms. The quantitative estimate of drug-likeness (QED) is 0.797. The summed E-state index contributed by atoms with van der Waals surface area (Å²) >= 11 is 0. The van der Waals surface area contributed by atoms with Crippen molar-refractivity contribution < 1.29 is 22.8 Å². The number of hydrogen-bond acceptors (Lipinski definition) is 2. The molecule has 0 unspecified atom stereocenters. The summed E-state index contributed by atoms with van der Waals surface area (Å²) in [7, 11) is 0. The summed E-state index contributed by atoms with van der Waals surface area (Å²) in [6.07, 6.45) is -4.70. The Morgan fingerprint density at radius 1 is 1.20 bits per heavy atom. The van der Waals surface area contributed by atoms with Gasteiger partial charge in [-0.15, -0.1) is 0 Å². The summed E-state index contributed by atoms with van der Waals surface area (Å²) in [6, 6.07) is 5.05. The van der Waals surface area contributed by atoms with E-state index >= 15 is 0 Å². The van der Waals surface area contributed by atoms with Crippen molar-refractivity contribution in [1.29, 1.82) is 0 Å². The van der Waals surface area contributed by atoms with E-state index in [0.717, 1.165) is 16.9 Å². The number of amides is 1. The first-order chi connectivity index (χ1) is 9.33. The molecule has 6 heteroatoms. The van der Waals surface area contributed by atoms with Gasteiger partial charge in [0.1, 0.15) is 0 Å². The zero-order valence-corrected chi connectivity index (χ0v) is 11.0. The van der Waals surface area contributed by atoms with Gasteiger partial charge >= 0.3 is 6.18 Å². The standard InChI is InChI=1S/C14H14F3NO2/c1-2-9-4-5-11-10(8-9)12(19)13(20)18(11)7-3-6-14(15,16)17/h4-5,8H,2-3,6-7H2,1H3. The molecule has 1 aliphatic heterocycles. The van der Waals surface area contributed by atoms with Gasteiger partial charge < -0.3 is 4.90 Å². The first kappa shape index (κ1) is 14.6. The predicted octanol–water partition coefficient (Wildman–Crippen LogP) is 3.12. The highest BCUT2D eigenvalue weighted by atomic mass is 19.4. The van der Waals surface area contributed by atoms with Crippen LogP contribution in [0.15, 0.2) is 18.2 Å². The molecule has 0 aromatic heterocycles. The minimum Gasteiger partial charge on any atom is -0.305 e. The van der Waals surface area contributed by atoms with E-state index in [1.54, 1.807) is 18.2 Å². The van der Waals surface area contributed by atoms with Crippen molar-refractivity contribution >= 4 is 17.4 Å². The van der Waals surface area contributed by atoms with Gasteiger partial charge in [-0.25, -0.2) is 0 Å². The Labute approximate surface area is 114 Å². The molecule has 1 aromatic rings. The number of hydrogen-bond donors (Lipinski definition) is 0. The van der Waals surface area contributed by atoms with Crippen LogP contribution in [0, 0.1) is 0 Å². The Hall–Kier alpha value is -1.85. The van der Waals surface area contributed by atoms with Crippen molar-refractivity contribution in [2.45, 2.75) is 32.4 Å². The average Bonchev–Trinajstić information content (AvgIpc) is 2.62. The molecule has 0 radical (unpaired) electrons. The highest BCUT2D eigenvalue weighted by Gasteiger charge is 2.36. The highest BCUT2D eigenvalue weighted by molar-refractivity contribution is 6.52. The van der Waals surface area contributed by atoms with Gasteiger partial charge in [0.05, 0.1) is 11.3 Å². The van der Waals surface area contributed by atoms with Crippen LogP contribution in [0.5, 0.6) is 0 Å². The number of alkyl halides is 3. The molecule has 20 heavy (non-hydrogen) atoms. The van der Waals surface area contributed by atoms with Crippen LogP contribution in [-0.4, -0.2) is 24.4 Å². The van der Waals surface area contributed by atoms with Gasteiger partial charge in [0.2, 0.25) is 0 Å². The number of anilines is 1. The first-order valence-corrected chi connectivity index (χ1v) is 6.39. The highest BCUT2D eigenvalue weighted by Crippen LogP contribution is 2.31. The van der Waals surface area contributed by atoms with Crippen LogP contribution in [0.4, 0.5) is 18.9 Å². The molecule has 2 rings (SSSR count).